The van der Waals surface area contributed by atoms with Crippen LogP contribution in [-0.2, 0) is 6.18 Å². The normalized spacial score (nSPS) is 11.7. The molecule has 0 radical (unpaired) electrons. The van der Waals surface area contributed by atoms with E-state index >= 15 is 0 Å². The highest BCUT2D eigenvalue weighted by Gasteiger charge is 2.35. The van der Waals surface area contributed by atoms with Crippen LogP contribution in [0.25, 0.3) is 0 Å². The zero-order valence-corrected chi connectivity index (χ0v) is 5.97. The zero-order valence-electron chi connectivity index (χ0n) is 5.97. The van der Waals surface area contributed by atoms with E-state index in [0.717, 1.165) is 6.92 Å². The fourth-order valence-electron chi connectivity index (χ4n) is 0.568. The molecule has 0 aliphatic carbocycles. The number of hydrogen-bond donors (Lipinski definition) is 0. The molecule has 3 nitrogen and oxygen atoms in total. The molecule has 0 aromatic carbocycles. The van der Waals surface area contributed by atoms with E-state index in [4.69, 9.17) is 0 Å². The summed E-state index contributed by atoms with van der Waals surface area (Å²) in [6, 6.07) is 0. The molecule has 1 heterocycles. The molecule has 66 valence electrons. The van der Waals surface area contributed by atoms with Gasteiger partial charge in [-0.3, -0.25) is 4.79 Å². The van der Waals surface area contributed by atoms with Gasteiger partial charge in [0.2, 0.25) is 11.5 Å². The number of carbonyl (C=O) groups is 1. The van der Waals surface area contributed by atoms with Gasteiger partial charge in [-0.25, -0.2) is 4.98 Å². The summed E-state index contributed by atoms with van der Waals surface area (Å²) in [4.78, 5) is 13.6. The van der Waals surface area contributed by atoms with Gasteiger partial charge in [0, 0.05) is 6.92 Å². The quantitative estimate of drug-likeness (QED) is 0.618. The van der Waals surface area contributed by atoms with Crippen molar-refractivity contribution in [3.05, 3.63) is 17.8 Å². The Morgan fingerprint density at radius 1 is 1.58 bits per heavy atom. The molecule has 0 saturated heterocycles. The highest BCUT2D eigenvalue weighted by atomic mass is 19.4. The third-order valence-electron chi connectivity index (χ3n) is 1.09. The van der Waals surface area contributed by atoms with Gasteiger partial charge in [-0.15, -0.1) is 0 Å². The average molecular weight is 179 g/mol. The van der Waals surface area contributed by atoms with E-state index in [1.165, 1.54) is 0 Å². The zero-order chi connectivity index (χ0) is 9.35. The van der Waals surface area contributed by atoms with Crippen molar-refractivity contribution in [2.75, 3.05) is 0 Å². The first-order chi connectivity index (χ1) is 5.41. The maximum Gasteiger partial charge on any atom is 0.451 e. The van der Waals surface area contributed by atoms with E-state index in [1.54, 1.807) is 0 Å². The minimum absolute atomic E-state index is 0.483. The molecule has 1 aromatic rings. The molecular formula is C6H4F3NO2. The first kappa shape index (κ1) is 8.76. The third kappa shape index (κ3) is 1.63. The summed E-state index contributed by atoms with van der Waals surface area (Å²) < 4.78 is 39.6. The van der Waals surface area contributed by atoms with Crippen molar-refractivity contribution < 1.29 is 22.4 Å². The van der Waals surface area contributed by atoms with E-state index in [-0.39, 0.29) is 0 Å². The van der Waals surface area contributed by atoms with Crippen LogP contribution in [0.1, 0.15) is 23.4 Å². The minimum Gasteiger partial charge on any atom is -0.429 e. The molecule has 0 N–H and O–H groups in total. The van der Waals surface area contributed by atoms with Gasteiger partial charge in [0.1, 0.15) is 0 Å². The molecule has 0 atom stereocenters. The van der Waals surface area contributed by atoms with E-state index in [0.29, 0.717) is 6.20 Å². The number of nitrogens with zero attached hydrogens (tertiary/aromatic N) is 1. The Bertz CT molecular complexity index is 302. The first-order valence-corrected chi connectivity index (χ1v) is 2.95. The molecule has 1 aromatic heterocycles. The molecule has 1 rings (SSSR count). The number of Topliss-reactive ketones (excluding diaryl/α,β-unsaturated/α-hetero) is 1. The summed E-state index contributed by atoms with van der Waals surface area (Å²) in [5, 5.41) is 0. The summed E-state index contributed by atoms with van der Waals surface area (Å²) in [5.74, 6) is -2.42. The maximum absolute atomic E-state index is 11.8. The Labute approximate surface area is 65.2 Å². The van der Waals surface area contributed by atoms with Crippen LogP contribution in [0.4, 0.5) is 13.2 Å². The predicted molar refractivity (Wildman–Crippen MR) is 31.5 cm³/mol. The fourth-order valence-corrected chi connectivity index (χ4v) is 0.568. The smallest absolute Gasteiger partial charge is 0.429 e. The molecule has 0 unspecified atom stereocenters. The number of ketones is 1. The van der Waals surface area contributed by atoms with Crippen molar-refractivity contribution >= 4 is 5.78 Å². The molecule has 0 saturated carbocycles. The fraction of sp³-hybridized carbons (Fsp3) is 0.333. The number of aromatic nitrogens is 1. The Morgan fingerprint density at radius 3 is 2.42 bits per heavy atom. The van der Waals surface area contributed by atoms with E-state index in [9.17, 15) is 18.0 Å². The van der Waals surface area contributed by atoms with Gasteiger partial charge >= 0.3 is 6.18 Å². The number of hydrogen-bond acceptors (Lipinski definition) is 3. The first-order valence-electron chi connectivity index (χ1n) is 2.95. The second-order valence-electron chi connectivity index (χ2n) is 2.08. The van der Waals surface area contributed by atoms with Crippen molar-refractivity contribution in [2.24, 2.45) is 0 Å². The molecule has 6 heteroatoms. The number of oxazole rings is 1. The van der Waals surface area contributed by atoms with Gasteiger partial charge in [-0.05, 0) is 0 Å². The average Bonchev–Trinajstić information content (AvgIpc) is 2.30. The van der Waals surface area contributed by atoms with E-state index in [2.05, 4.69) is 9.40 Å². The Kier molecular flexibility index (Phi) is 1.91. The lowest BCUT2D eigenvalue weighted by molar-refractivity contribution is -0.153. The summed E-state index contributed by atoms with van der Waals surface area (Å²) in [6.07, 6.45) is -4.10. The van der Waals surface area contributed by atoms with Gasteiger partial charge in [0.25, 0.3) is 5.89 Å². The largest absolute Gasteiger partial charge is 0.451 e. The van der Waals surface area contributed by atoms with Crippen LogP contribution < -0.4 is 0 Å². The van der Waals surface area contributed by atoms with Crippen LogP contribution in [0.15, 0.2) is 10.6 Å². The summed E-state index contributed by atoms with van der Waals surface area (Å²) >= 11 is 0. The number of rotatable bonds is 1. The molecule has 0 fully saturated rings. The molecule has 12 heavy (non-hydrogen) atoms. The van der Waals surface area contributed by atoms with Crippen molar-refractivity contribution in [1.82, 2.24) is 4.98 Å². The van der Waals surface area contributed by atoms with Crippen molar-refractivity contribution in [2.45, 2.75) is 13.1 Å². The van der Waals surface area contributed by atoms with Gasteiger partial charge in [0.05, 0.1) is 6.20 Å². The lowest BCUT2D eigenvalue weighted by atomic mass is 10.5. The molecule has 0 amide bonds. The van der Waals surface area contributed by atoms with Crippen LogP contribution in [0.5, 0.6) is 0 Å². The van der Waals surface area contributed by atoms with Gasteiger partial charge in [-0.1, -0.05) is 0 Å². The Balaban J connectivity index is 3.00. The summed E-state index contributed by atoms with van der Waals surface area (Å²) in [5.41, 5.74) is 0. The van der Waals surface area contributed by atoms with Crippen LogP contribution in [0, 0.1) is 0 Å². The molecule has 0 aliphatic heterocycles. The van der Waals surface area contributed by atoms with Crippen molar-refractivity contribution in [3.63, 3.8) is 0 Å². The molecule has 0 aliphatic rings. The highest BCUT2D eigenvalue weighted by Crippen LogP contribution is 2.29. The van der Waals surface area contributed by atoms with Crippen molar-refractivity contribution in [1.29, 1.82) is 0 Å². The van der Waals surface area contributed by atoms with Crippen molar-refractivity contribution in [3.8, 4) is 0 Å². The minimum atomic E-state index is -4.58. The topological polar surface area (TPSA) is 43.1 Å². The maximum atomic E-state index is 11.8. The second-order valence-corrected chi connectivity index (χ2v) is 2.08. The second kappa shape index (κ2) is 2.62. The standard InChI is InChI=1S/C6H4F3NO2/c1-3(11)5-10-2-4(12-5)6(7,8)9/h2H,1H3. The highest BCUT2D eigenvalue weighted by molar-refractivity contribution is 5.89. The molecule has 0 spiro atoms. The lowest BCUT2D eigenvalue weighted by Gasteiger charge is -1.98. The Morgan fingerprint density at radius 2 is 2.17 bits per heavy atom. The van der Waals surface area contributed by atoms with E-state index < -0.39 is 23.6 Å². The molecular weight excluding hydrogens is 175 g/mol. The number of carbonyl (C=O) groups excluding carboxylic acids is 1. The number of alkyl halides is 3. The third-order valence-corrected chi connectivity index (χ3v) is 1.09. The van der Waals surface area contributed by atoms with Crippen LogP contribution >= 0.6 is 0 Å². The predicted octanol–water partition coefficient (Wildman–Crippen LogP) is 1.90. The summed E-state index contributed by atoms with van der Waals surface area (Å²) in [7, 11) is 0. The van der Waals surface area contributed by atoms with Crippen LogP contribution in [-0.4, -0.2) is 10.8 Å². The Hall–Kier alpha value is -1.33. The molecule has 0 bridgehead atoms. The van der Waals surface area contributed by atoms with Gasteiger partial charge < -0.3 is 4.42 Å². The monoisotopic (exact) mass is 179 g/mol. The van der Waals surface area contributed by atoms with E-state index in [1.807, 2.05) is 0 Å². The van der Waals surface area contributed by atoms with Crippen LogP contribution in [0.2, 0.25) is 0 Å². The van der Waals surface area contributed by atoms with Gasteiger partial charge in [-0.2, -0.15) is 13.2 Å². The number of halogens is 3. The summed E-state index contributed by atoms with van der Waals surface area (Å²) in [6.45, 7) is 1.08. The van der Waals surface area contributed by atoms with Crippen LogP contribution in [0.3, 0.4) is 0 Å². The van der Waals surface area contributed by atoms with Gasteiger partial charge in [0.15, 0.2) is 0 Å². The lowest BCUT2D eigenvalue weighted by Crippen LogP contribution is -2.02. The SMILES string of the molecule is CC(=O)c1ncc(C(F)(F)F)o1.